The second kappa shape index (κ2) is 15.7. The zero-order chi connectivity index (χ0) is 19.7. The molecule has 0 heterocycles. The molecule has 0 radical (unpaired) electrons. The fourth-order valence-electron chi connectivity index (χ4n) is 2.86. The molecule has 1 aromatic rings. The number of anilines is 1. The van der Waals surface area contributed by atoms with E-state index in [4.69, 9.17) is 21.4 Å². The Morgan fingerprint density at radius 2 is 1.78 bits per heavy atom. The molecule has 0 aliphatic heterocycles. The van der Waals surface area contributed by atoms with Gasteiger partial charge >= 0.3 is 6.03 Å². The van der Waals surface area contributed by atoms with Gasteiger partial charge in [-0.25, -0.2) is 4.79 Å². The number of aliphatic hydroxyl groups excluding tert-OH is 1. The van der Waals surface area contributed by atoms with Crippen LogP contribution in [0.3, 0.4) is 0 Å². The predicted molar refractivity (Wildman–Crippen MR) is 113 cm³/mol. The van der Waals surface area contributed by atoms with E-state index in [9.17, 15) is 4.79 Å². The minimum Gasteiger partial charge on any atom is -0.394 e. The minimum atomic E-state index is -0.146. The van der Waals surface area contributed by atoms with Crippen LogP contribution >= 0.6 is 11.6 Å². The SMILES string of the molecule is CCCCCCCCCCN(CCOCCO)C(=O)Nc1cccc(Cl)c1. The molecule has 1 aromatic carbocycles. The van der Waals surface area contributed by atoms with Crippen molar-refractivity contribution in [3.05, 3.63) is 29.3 Å². The molecule has 0 saturated carbocycles. The molecule has 0 spiro atoms. The van der Waals surface area contributed by atoms with E-state index < -0.39 is 0 Å². The van der Waals surface area contributed by atoms with Crippen molar-refractivity contribution < 1.29 is 14.6 Å². The highest BCUT2D eigenvalue weighted by molar-refractivity contribution is 6.30. The third-order valence-electron chi connectivity index (χ3n) is 4.39. The normalized spacial score (nSPS) is 10.8. The van der Waals surface area contributed by atoms with E-state index in [1.165, 1.54) is 38.5 Å². The van der Waals surface area contributed by atoms with Gasteiger partial charge in [0.25, 0.3) is 0 Å². The van der Waals surface area contributed by atoms with E-state index in [2.05, 4.69) is 12.2 Å². The number of unbranched alkanes of at least 4 members (excludes halogenated alkanes) is 7. The first-order valence-electron chi connectivity index (χ1n) is 10.2. The minimum absolute atomic E-state index is 0.00720. The maximum atomic E-state index is 12.6. The molecule has 6 heteroatoms. The molecule has 0 aromatic heterocycles. The van der Waals surface area contributed by atoms with Crippen molar-refractivity contribution in [2.45, 2.75) is 58.3 Å². The van der Waals surface area contributed by atoms with Crippen molar-refractivity contribution in [1.82, 2.24) is 4.90 Å². The van der Waals surface area contributed by atoms with E-state index in [1.807, 2.05) is 12.1 Å². The number of hydrogen-bond acceptors (Lipinski definition) is 3. The Balaban J connectivity index is 2.38. The van der Waals surface area contributed by atoms with Gasteiger partial charge in [0, 0.05) is 23.8 Å². The average molecular weight is 399 g/mol. The molecule has 2 N–H and O–H groups in total. The molecule has 27 heavy (non-hydrogen) atoms. The van der Waals surface area contributed by atoms with Gasteiger partial charge in [-0.05, 0) is 24.6 Å². The number of nitrogens with zero attached hydrogens (tertiary/aromatic N) is 1. The summed E-state index contributed by atoms with van der Waals surface area (Å²) in [6, 6.07) is 6.99. The number of carbonyl (C=O) groups excluding carboxylic acids is 1. The Kier molecular flexibility index (Phi) is 13.8. The monoisotopic (exact) mass is 398 g/mol. The van der Waals surface area contributed by atoms with Gasteiger partial charge in [-0.2, -0.15) is 0 Å². The number of ether oxygens (including phenoxy) is 1. The summed E-state index contributed by atoms with van der Waals surface area (Å²) in [5.74, 6) is 0. The summed E-state index contributed by atoms with van der Waals surface area (Å²) in [6.07, 6.45) is 9.83. The highest BCUT2D eigenvalue weighted by Gasteiger charge is 2.13. The molecule has 2 amide bonds. The van der Waals surface area contributed by atoms with Gasteiger partial charge in [-0.3, -0.25) is 0 Å². The summed E-state index contributed by atoms with van der Waals surface area (Å²) in [7, 11) is 0. The molecule has 0 fully saturated rings. The van der Waals surface area contributed by atoms with E-state index in [0.717, 1.165) is 12.8 Å². The molecular weight excluding hydrogens is 364 g/mol. The second-order valence-electron chi connectivity index (χ2n) is 6.74. The van der Waals surface area contributed by atoms with Crippen LogP contribution in [0.2, 0.25) is 5.02 Å². The van der Waals surface area contributed by atoms with E-state index in [0.29, 0.717) is 37.0 Å². The second-order valence-corrected chi connectivity index (χ2v) is 7.17. The molecule has 0 aliphatic carbocycles. The number of halogens is 1. The van der Waals surface area contributed by atoms with Gasteiger partial charge in [0.15, 0.2) is 0 Å². The van der Waals surface area contributed by atoms with Crippen LogP contribution in [0.1, 0.15) is 58.3 Å². The number of rotatable bonds is 15. The average Bonchev–Trinajstić information content (AvgIpc) is 2.65. The molecule has 0 unspecified atom stereocenters. The van der Waals surface area contributed by atoms with Crippen LogP contribution in [0.5, 0.6) is 0 Å². The lowest BCUT2D eigenvalue weighted by Gasteiger charge is -2.23. The number of aliphatic hydroxyl groups is 1. The number of amides is 2. The summed E-state index contributed by atoms with van der Waals surface area (Å²) in [5, 5.41) is 12.3. The van der Waals surface area contributed by atoms with Crippen molar-refractivity contribution in [3.63, 3.8) is 0 Å². The van der Waals surface area contributed by atoms with Gasteiger partial charge in [-0.1, -0.05) is 69.5 Å². The standard InChI is InChI=1S/C21H35ClN2O3/c1-2-3-4-5-6-7-8-9-13-24(14-16-27-17-15-25)21(26)23-20-12-10-11-19(22)18-20/h10-12,18,25H,2-9,13-17H2,1H3,(H,23,26). The molecule has 0 bridgehead atoms. The molecule has 0 aliphatic rings. The number of urea groups is 1. The number of carbonyl (C=O) groups is 1. The van der Waals surface area contributed by atoms with E-state index in [-0.39, 0.29) is 12.6 Å². The predicted octanol–water partition coefficient (Wildman–Crippen LogP) is 5.32. The summed E-state index contributed by atoms with van der Waals surface area (Å²) < 4.78 is 5.32. The highest BCUT2D eigenvalue weighted by atomic mass is 35.5. The number of benzene rings is 1. The molecule has 0 atom stereocenters. The summed E-state index contributed by atoms with van der Waals surface area (Å²) in [6.45, 7) is 4.13. The van der Waals surface area contributed by atoms with Gasteiger partial charge in [0.05, 0.1) is 19.8 Å². The van der Waals surface area contributed by atoms with E-state index in [1.54, 1.807) is 17.0 Å². The lowest BCUT2D eigenvalue weighted by Crippen LogP contribution is -2.38. The summed E-state index contributed by atoms with van der Waals surface area (Å²) >= 11 is 5.98. The summed E-state index contributed by atoms with van der Waals surface area (Å²) in [5.41, 5.74) is 0.685. The van der Waals surface area contributed by atoms with Crippen molar-refractivity contribution in [2.75, 3.05) is 38.2 Å². The first-order chi connectivity index (χ1) is 13.2. The number of hydrogen-bond donors (Lipinski definition) is 2. The third-order valence-corrected chi connectivity index (χ3v) is 4.62. The van der Waals surface area contributed by atoms with Crippen molar-refractivity contribution in [1.29, 1.82) is 0 Å². The lowest BCUT2D eigenvalue weighted by atomic mass is 10.1. The lowest BCUT2D eigenvalue weighted by molar-refractivity contribution is 0.0797. The Labute approximate surface area is 169 Å². The van der Waals surface area contributed by atoms with Crippen LogP contribution in [0, 0.1) is 0 Å². The van der Waals surface area contributed by atoms with Crippen molar-refractivity contribution in [3.8, 4) is 0 Å². The van der Waals surface area contributed by atoms with Crippen LogP contribution in [0.4, 0.5) is 10.5 Å². The zero-order valence-electron chi connectivity index (χ0n) is 16.6. The quantitative estimate of drug-likeness (QED) is 0.393. The van der Waals surface area contributed by atoms with Crippen molar-refractivity contribution in [2.24, 2.45) is 0 Å². The van der Waals surface area contributed by atoms with Gasteiger partial charge in [0.2, 0.25) is 0 Å². The highest BCUT2D eigenvalue weighted by Crippen LogP contribution is 2.16. The van der Waals surface area contributed by atoms with Gasteiger partial charge in [-0.15, -0.1) is 0 Å². The largest absolute Gasteiger partial charge is 0.394 e. The Morgan fingerprint density at radius 1 is 1.07 bits per heavy atom. The molecule has 1 rings (SSSR count). The summed E-state index contributed by atoms with van der Waals surface area (Å²) in [4.78, 5) is 14.4. The Bertz CT molecular complexity index is 514. The zero-order valence-corrected chi connectivity index (χ0v) is 17.3. The third kappa shape index (κ3) is 11.9. The molecule has 5 nitrogen and oxygen atoms in total. The van der Waals surface area contributed by atoms with Crippen LogP contribution in [0.15, 0.2) is 24.3 Å². The van der Waals surface area contributed by atoms with Gasteiger partial charge < -0.3 is 20.1 Å². The molecular formula is C21H35ClN2O3. The fraction of sp³-hybridized carbons (Fsp3) is 0.667. The van der Waals surface area contributed by atoms with Crippen LogP contribution in [-0.4, -0.2) is 48.9 Å². The first-order valence-corrected chi connectivity index (χ1v) is 10.5. The van der Waals surface area contributed by atoms with Crippen LogP contribution in [-0.2, 0) is 4.74 Å². The topological polar surface area (TPSA) is 61.8 Å². The van der Waals surface area contributed by atoms with Crippen molar-refractivity contribution >= 4 is 23.3 Å². The van der Waals surface area contributed by atoms with Crippen LogP contribution < -0.4 is 5.32 Å². The van der Waals surface area contributed by atoms with Crippen LogP contribution in [0.25, 0.3) is 0 Å². The Morgan fingerprint density at radius 3 is 2.44 bits per heavy atom. The van der Waals surface area contributed by atoms with Gasteiger partial charge in [0.1, 0.15) is 0 Å². The molecule has 0 saturated heterocycles. The first kappa shape index (κ1) is 23.7. The Hall–Kier alpha value is -1.30. The maximum absolute atomic E-state index is 12.6. The molecule has 154 valence electrons. The fourth-order valence-corrected chi connectivity index (χ4v) is 3.05. The van der Waals surface area contributed by atoms with E-state index >= 15 is 0 Å². The maximum Gasteiger partial charge on any atom is 0.321 e. The smallest absolute Gasteiger partial charge is 0.321 e. The number of nitrogens with one attached hydrogen (secondary N) is 1.